The lowest BCUT2D eigenvalue weighted by Gasteiger charge is -2.41. The van der Waals surface area contributed by atoms with Crippen molar-refractivity contribution in [2.75, 3.05) is 33.9 Å². The number of hydrogen-bond acceptors (Lipinski definition) is 5. The van der Waals surface area contributed by atoms with Gasteiger partial charge in [-0.05, 0) is 30.2 Å². The summed E-state index contributed by atoms with van der Waals surface area (Å²) in [6.07, 6.45) is 0.655. The average molecular weight is 369 g/mol. The van der Waals surface area contributed by atoms with E-state index in [0.717, 1.165) is 11.3 Å². The van der Waals surface area contributed by atoms with Crippen molar-refractivity contribution >= 4 is 5.91 Å². The van der Waals surface area contributed by atoms with Crippen LogP contribution < -0.4 is 18.9 Å². The van der Waals surface area contributed by atoms with Crippen molar-refractivity contribution in [2.45, 2.75) is 12.5 Å². The highest BCUT2D eigenvalue weighted by Crippen LogP contribution is 2.37. The predicted octanol–water partition coefficient (Wildman–Crippen LogP) is 2.54. The predicted molar refractivity (Wildman–Crippen MR) is 99.7 cm³/mol. The summed E-state index contributed by atoms with van der Waals surface area (Å²) in [5.41, 5.74) is 1.02. The van der Waals surface area contributed by atoms with Gasteiger partial charge in [0.1, 0.15) is 12.7 Å². The van der Waals surface area contributed by atoms with Crippen LogP contribution in [0.3, 0.4) is 0 Å². The Hall–Kier alpha value is -2.89. The maximum atomic E-state index is 12.8. The molecular weight excluding hydrogens is 346 g/mol. The van der Waals surface area contributed by atoms with Crippen LogP contribution in [0.15, 0.2) is 42.5 Å². The first kappa shape index (κ1) is 17.5. The van der Waals surface area contributed by atoms with Crippen molar-refractivity contribution in [3.63, 3.8) is 0 Å². The van der Waals surface area contributed by atoms with E-state index >= 15 is 0 Å². The summed E-state index contributed by atoms with van der Waals surface area (Å²) in [4.78, 5) is 14.6. The molecule has 0 radical (unpaired) electrons. The van der Waals surface area contributed by atoms with Gasteiger partial charge in [0.25, 0.3) is 0 Å². The number of carbonyl (C=O) groups excluding carboxylic acids is 1. The molecule has 2 aliphatic heterocycles. The first-order chi connectivity index (χ1) is 13.2. The first-order valence-corrected chi connectivity index (χ1v) is 9.06. The van der Waals surface area contributed by atoms with Crippen LogP contribution >= 0.6 is 0 Å². The Balaban J connectivity index is 1.34. The second-order valence-corrected chi connectivity index (χ2v) is 6.79. The smallest absolute Gasteiger partial charge is 0.229 e. The van der Waals surface area contributed by atoms with Crippen molar-refractivity contribution in [1.29, 1.82) is 0 Å². The van der Waals surface area contributed by atoms with E-state index in [1.54, 1.807) is 14.2 Å². The third-order valence-electron chi connectivity index (χ3n) is 5.05. The number of ether oxygens (including phenoxy) is 4. The molecule has 1 atom stereocenters. The topological polar surface area (TPSA) is 57.2 Å². The maximum Gasteiger partial charge on any atom is 0.229 e. The van der Waals surface area contributed by atoms with E-state index in [0.29, 0.717) is 43.4 Å². The number of amides is 1. The molecular formula is C21H23NO5. The molecule has 4 rings (SSSR count). The van der Waals surface area contributed by atoms with Gasteiger partial charge in [-0.3, -0.25) is 4.79 Å². The van der Waals surface area contributed by atoms with Crippen LogP contribution in [-0.2, 0) is 11.2 Å². The van der Waals surface area contributed by atoms with Crippen LogP contribution in [-0.4, -0.2) is 50.8 Å². The van der Waals surface area contributed by atoms with Crippen LogP contribution in [0.4, 0.5) is 0 Å². The molecule has 0 N–H and O–H groups in total. The third kappa shape index (κ3) is 3.39. The molecule has 2 aromatic carbocycles. The number of hydrogen-bond donors (Lipinski definition) is 0. The number of rotatable bonds is 5. The molecule has 27 heavy (non-hydrogen) atoms. The summed E-state index contributed by atoms with van der Waals surface area (Å²) in [6.45, 7) is 1.54. The van der Waals surface area contributed by atoms with Crippen molar-refractivity contribution < 1.29 is 23.7 Å². The van der Waals surface area contributed by atoms with Crippen LogP contribution in [0.5, 0.6) is 23.0 Å². The highest BCUT2D eigenvalue weighted by molar-refractivity contribution is 5.80. The zero-order chi connectivity index (χ0) is 18.8. The van der Waals surface area contributed by atoms with E-state index in [4.69, 9.17) is 18.9 Å². The molecule has 0 bridgehead atoms. The number of para-hydroxylation sites is 3. The lowest BCUT2D eigenvalue weighted by Crippen LogP contribution is -2.58. The maximum absolute atomic E-state index is 12.8. The summed E-state index contributed by atoms with van der Waals surface area (Å²) < 4.78 is 22.4. The Morgan fingerprint density at radius 2 is 1.70 bits per heavy atom. The van der Waals surface area contributed by atoms with Gasteiger partial charge in [0.05, 0.1) is 33.2 Å². The molecule has 0 saturated carbocycles. The van der Waals surface area contributed by atoms with Gasteiger partial charge in [0.15, 0.2) is 23.0 Å². The number of nitrogens with zero attached hydrogens (tertiary/aromatic N) is 1. The fraction of sp³-hybridized carbons (Fsp3) is 0.381. The minimum absolute atomic E-state index is 0.0119. The van der Waals surface area contributed by atoms with Gasteiger partial charge in [-0.2, -0.15) is 0 Å². The standard InChI is InChI=1S/C21H23NO5/c1-24-17-7-3-4-8-18(17)27-16-11-22(12-16)21(23)15-10-14-6-5-9-19(25-2)20(14)26-13-15/h3-9,15-16H,10-13H2,1-2H3. The molecule has 2 aromatic rings. The highest BCUT2D eigenvalue weighted by atomic mass is 16.5. The monoisotopic (exact) mass is 369 g/mol. The minimum Gasteiger partial charge on any atom is -0.493 e. The van der Waals surface area contributed by atoms with Gasteiger partial charge < -0.3 is 23.8 Å². The van der Waals surface area contributed by atoms with Gasteiger partial charge in [-0.15, -0.1) is 0 Å². The SMILES string of the molecule is COc1ccccc1OC1CN(C(=O)C2COc3c(cccc3OC)C2)C1. The van der Waals surface area contributed by atoms with Gasteiger partial charge in [0, 0.05) is 0 Å². The number of fused-ring (bicyclic) bond motifs is 1. The number of benzene rings is 2. The zero-order valence-corrected chi connectivity index (χ0v) is 15.5. The Labute approximate surface area is 158 Å². The molecule has 142 valence electrons. The van der Waals surface area contributed by atoms with Crippen molar-refractivity contribution in [1.82, 2.24) is 4.90 Å². The first-order valence-electron chi connectivity index (χ1n) is 9.06. The Morgan fingerprint density at radius 3 is 2.44 bits per heavy atom. The largest absolute Gasteiger partial charge is 0.493 e. The molecule has 1 amide bonds. The van der Waals surface area contributed by atoms with Gasteiger partial charge in [-0.1, -0.05) is 24.3 Å². The molecule has 6 nitrogen and oxygen atoms in total. The van der Waals surface area contributed by atoms with Crippen molar-refractivity contribution in [3.05, 3.63) is 48.0 Å². The molecule has 2 heterocycles. The number of carbonyl (C=O) groups is 1. The summed E-state index contributed by atoms with van der Waals surface area (Å²) in [6, 6.07) is 13.3. The van der Waals surface area contributed by atoms with Gasteiger partial charge in [-0.25, -0.2) is 0 Å². The summed E-state index contributed by atoms with van der Waals surface area (Å²) >= 11 is 0. The minimum atomic E-state index is -0.170. The number of likely N-dealkylation sites (tertiary alicyclic amines) is 1. The second kappa shape index (κ2) is 7.39. The van der Waals surface area contributed by atoms with E-state index < -0.39 is 0 Å². The summed E-state index contributed by atoms with van der Waals surface area (Å²) in [5, 5.41) is 0. The van der Waals surface area contributed by atoms with Crippen molar-refractivity contribution in [3.8, 4) is 23.0 Å². The second-order valence-electron chi connectivity index (χ2n) is 6.79. The summed E-state index contributed by atoms with van der Waals surface area (Å²) in [7, 11) is 3.24. The quantitative estimate of drug-likeness (QED) is 0.811. The Kier molecular flexibility index (Phi) is 4.79. The van der Waals surface area contributed by atoms with E-state index in [9.17, 15) is 4.79 Å². The van der Waals surface area contributed by atoms with Crippen LogP contribution in [0.1, 0.15) is 5.56 Å². The lowest BCUT2D eigenvalue weighted by molar-refractivity contribution is -0.145. The molecule has 1 saturated heterocycles. The van der Waals surface area contributed by atoms with Gasteiger partial charge in [0.2, 0.25) is 5.91 Å². The number of methoxy groups -OCH3 is 2. The zero-order valence-electron chi connectivity index (χ0n) is 15.5. The molecule has 1 fully saturated rings. The fourth-order valence-corrected chi connectivity index (χ4v) is 3.56. The van der Waals surface area contributed by atoms with Crippen LogP contribution in [0, 0.1) is 5.92 Å². The molecule has 0 spiro atoms. The molecule has 6 heteroatoms. The van der Waals surface area contributed by atoms with E-state index in [2.05, 4.69) is 0 Å². The van der Waals surface area contributed by atoms with E-state index in [1.807, 2.05) is 47.4 Å². The van der Waals surface area contributed by atoms with Crippen LogP contribution in [0.2, 0.25) is 0 Å². The fourth-order valence-electron chi connectivity index (χ4n) is 3.56. The third-order valence-corrected chi connectivity index (χ3v) is 5.05. The Morgan fingerprint density at radius 1 is 1.00 bits per heavy atom. The van der Waals surface area contributed by atoms with E-state index in [-0.39, 0.29) is 17.9 Å². The highest BCUT2D eigenvalue weighted by Gasteiger charge is 2.38. The molecule has 2 aliphatic rings. The Bertz CT molecular complexity index is 831. The average Bonchev–Trinajstić information content (AvgIpc) is 2.69. The lowest BCUT2D eigenvalue weighted by atomic mass is 9.94. The van der Waals surface area contributed by atoms with Crippen molar-refractivity contribution in [2.24, 2.45) is 5.92 Å². The van der Waals surface area contributed by atoms with Crippen LogP contribution in [0.25, 0.3) is 0 Å². The van der Waals surface area contributed by atoms with Gasteiger partial charge >= 0.3 is 0 Å². The summed E-state index contributed by atoms with van der Waals surface area (Å²) in [5.74, 6) is 2.82. The molecule has 0 aromatic heterocycles. The molecule has 1 unspecified atom stereocenters. The normalized spacial score (nSPS) is 18.7. The van der Waals surface area contributed by atoms with E-state index in [1.165, 1.54) is 0 Å². The molecule has 0 aliphatic carbocycles.